The van der Waals surface area contributed by atoms with Gasteiger partial charge in [-0.15, -0.1) is 11.3 Å². The van der Waals surface area contributed by atoms with Gasteiger partial charge in [0.15, 0.2) is 6.61 Å². The summed E-state index contributed by atoms with van der Waals surface area (Å²) in [6, 6.07) is 7.86. The first kappa shape index (κ1) is 24.7. The number of anilines is 1. The molecule has 3 heterocycles. The van der Waals surface area contributed by atoms with Crippen LogP contribution in [0.5, 0.6) is 5.75 Å². The zero-order chi connectivity index (χ0) is 25.7. The fourth-order valence-corrected chi connectivity index (χ4v) is 7.08. The van der Waals surface area contributed by atoms with Gasteiger partial charge in [0.05, 0.1) is 5.39 Å². The summed E-state index contributed by atoms with van der Waals surface area (Å²) in [5, 5.41) is 1.29. The van der Waals surface area contributed by atoms with E-state index in [0.29, 0.717) is 30.3 Å². The molecule has 0 bridgehead atoms. The molecule has 1 aliphatic heterocycles. The Labute approximate surface area is 224 Å². The number of aromatic nitrogens is 2. The number of piperazine rings is 1. The van der Waals surface area contributed by atoms with E-state index in [1.165, 1.54) is 39.9 Å². The van der Waals surface area contributed by atoms with Crippen LogP contribution in [0.2, 0.25) is 0 Å². The molecule has 1 saturated carbocycles. The van der Waals surface area contributed by atoms with Crippen molar-refractivity contribution in [3.05, 3.63) is 46.1 Å². The molecule has 1 saturated heterocycles. The van der Waals surface area contributed by atoms with Crippen LogP contribution in [0, 0.1) is 18.3 Å². The van der Waals surface area contributed by atoms with E-state index in [9.17, 15) is 4.79 Å². The molecule has 0 N–H and O–H groups in total. The number of hydrogen-bond donors (Lipinski definition) is 0. The van der Waals surface area contributed by atoms with Crippen molar-refractivity contribution in [2.24, 2.45) is 11.3 Å². The average molecular weight is 519 g/mol. The minimum Gasteiger partial charge on any atom is -0.484 e. The lowest BCUT2D eigenvalue weighted by atomic mass is 9.72. The van der Waals surface area contributed by atoms with Crippen molar-refractivity contribution in [3.63, 3.8) is 0 Å². The molecular weight excluding hydrogens is 480 g/mol. The van der Waals surface area contributed by atoms with E-state index in [2.05, 4.69) is 25.7 Å². The molecule has 1 atom stereocenters. The van der Waals surface area contributed by atoms with E-state index in [4.69, 9.17) is 14.7 Å². The Morgan fingerprint density at radius 3 is 2.59 bits per heavy atom. The average Bonchev–Trinajstić information content (AvgIpc) is 3.66. The number of ether oxygens (including phenoxy) is 1. The van der Waals surface area contributed by atoms with Gasteiger partial charge < -0.3 is 14.5 Å². The highest BCUT2D eigenvalue weighted by Gasteiger charge is 2.35. The lowest BCUT2D eigenvalue weighted by Gasteiger charge is -2.36. The molecular formula is C30H38N4O2S. The molecule has 3 aromatic rings. The molecule has 6 rings (SSSR count). The van der Waals surface area contributed by atoms with Crippen LogP contribution >= 0.6 is 11.3 Å². The van der Waals surface area contributed by atoms with Crippen molar-refractivity contribution in [1.29, 1.82) is 0 Å². The molecule has 7 heteroatoms. The Kier molecular flexibility index (Phi) is 6.38. The number of carbonyl (C=O) groups excluding carboxylic acids is 1. The Hall–Kier alpha value is -2.67. The second kappa shape index (κ2) is 9.57. The molecule has 6 nitrogen and oxygen atoms in total. The minimum absolute atomic E-state index is 0.0498. The van der Waals surface area contributed by atoms with Crippen molar-refractivity contribution in [2.75, 3.05) is 37.7 Å². The van der Waals surface area contributed by atoms with Gasteiger partial charge in [0, 0.05) is 37.0 Å². The summed E-state index contributed by atoms with van der Waals surface area (Å²) in [4.78, 5) is 30.2. The number of benzene rings is 1. The molecule has 1 amide bonds. The van der Waals surface area contributed by atoms with Crippen LogP contribution in [0.25, 0.3) is 10.2 Å². The number of rotatable bonds is 5. The first-order chi connectivity index (χ1) is 17.8. The molecule has 2 aliphatic carbocycles. The summed E-state index contributed by atoms with van der Waals surface area (Å²) < 4.78 is 5.78. The van der Waals surface area contributed by atoms with Gasteiger partial charge in [-0.05, 0) is 73.6 Å². The molecule has 37 heavy (non-hydrogen) atoms. The molecule has 0 unspecified atom stereocenters. The number of fused-ring (bicyclic) bond motifs is 3. The molecule has 2 aromatic heterocycles. The Balaban J connectivity index is 1.20. The fraction of sp³-hybridized carbons (Fsp3) is 0.567. The predicted octanol–water partition coefficient (Wildman–Crippen LogP) is 5.76. The maximum Gasteiger partial charge on any atom is 0.260 e. The number of carbonyl (C=O) groups is 1. The van der Waals surface area contributed by atoms with E-state index in [-0.39, 0.29) is 12.5 Å². The summed E-state index contributed by atoms with van der Waals surface area (Å²) in [5.74, 6) is 4.17. The van der Waals surface area contributed by atoms with Crippen molar-refractivity contribution in [3.8, 4) is 5.75 Å². The quantitative estimate of drug-likeness (QED) is 0.430. The number of nitrogens with zero attached hydrogens (tertiary/aromatic N) is 4. The summed E-state index contributed by atoms with van der Waals surface area (Å²) in [7, 11) is 0. The van der Waals surface area contributed by atoms with Gasteiger partial charge in [0.25, 0.3) is 5.91 Å². The largest absolute Gasteiger partial charge is 0.484 e. The SMILES string of the molecule is Cc1cccc(OCC(=O)N2CCN(c3nc(C4CC4)nc4sc5c(c34)CC[C@@H](C(C)(C)C)C5)CC2)c1. The van der Waals surface area contributed by atoms with E-state index in [1.54, 1.807) is 0 Å². The Morgan fingerprint density at radius 1 is 1.11 bits per heavy atom. The lowest BCUT2D eigenvalue weighted by molar-refractivity contribution is -0.133. The fourth-order valence-electron chi connectivity index (χ4n) is 5.78. The third-order valence-electron chi connectivity index (χ3n) is 8.36. The van der Waals surface area contributed by atoms with Crippen molar-refractivity contribution in [1.82, 2.24) is 14.9 Å². The summed E-state index contributed by atoms with van der Waals surface area (Å²) in [6.45, 7) is 12.2. The van der Waals surface area contributed by atoms with Crippen LogP contribution in [0.1, 0.15) is 67.8 Å². The van der Waals surface area contributed by atoms with Gasteiger partial charge in [-0.25, -0.2) is 9.97 Å². The van der Waals surface area contributed by atoms with Gasteiger partial charge in [-0.3, -0.25) is 4.79 Å². The normalized spacial score (nSPS) is 20.3. The summed E-state index contributed by atoms with van der Waals surface area (Å²) in [5.41, 5.74) is 2.95. The zero-order valence-corrected chi connectivity index (χ0v) is 23.4. The van der Waals surface area contributed by atoms with Crippen LogP contribution in [0.15, 0.2) is 24.3 Å². The third kappa shape index (κ3) is 5.07. The van der Waals surface area contributed by atoms with Gasteiger partial charge in [0.2, 0.25) is 0 Å². The molecule has 0 radical (unpaired) electrons. The first-order valence-corrected chi connectivity index (χ1v) is 14.6. The smallest absolute Gasteiger partial charge is 0.260 e. The second-order valence-corrected chi connectivity index (χ2v) is 13.2. The van der Waals surface area contributed by atoms with E-state index >= 15 is 0 Å². The van der Waals surface area contributed by atoms with E-state index < -0.39 is 0 Å². The highest BCUT2D eigenvalue weighted by Crippen LogP contribution is 2.47. The monoisotopic (exact) mass is 518 g/mol. The van der Waals surface area contributed by atoms with Crippen LogP contribution in [-0.2, 0) is 17.6 Å². The van der Waals surface area contributed by atoms with Crippen LogP contribution in [0.3, 0.4) is 0 Å². The molecule has 196 valence electrons. The van der Waals surface area contributed by atoms with Gasteiger partial charge in [-0.1, -0.05) is 32.9 Å². The van der Waals surface area contributed by atoms with Crippen LogP contribution in [-0.4, -0.2) is 53.6 Å². The van der Waals surface area contributed by atoms with Gasteiger partial charge >= 0.3 is 0 Å². The standard InChI is InChI=1S/C30H38N4O2S/c1-19-6-5-7-22(16-19)36-18-25(35)33-12-14-34(15-13-33)28-26-23-11-10-21(30(2,3)4)17-24(23)37-29(26)32-27(31-28)20-8-9-20/h5-7,16,20-21H,8-15,17-18H2,1-4H3/t21-/m1/s1. The van der Waals surface area contributed by atoms with Crippen molar-refractivity contribution < 1.29 is 9.53 Å². The zero-order valence-electron chi connectivity index (χ0n) is 22.5. The van der Waals surface area contributed by atoms with Crippen LogP contribution in [0.4, 0.5) is 5.82 Å². The van der Waals surface area contributed by atoms with Crippen LogP contribution < -0.4 is 9.64 Å². The molecule has 1 aromatic carbocycles. The molecule has 3 aliphatic rings. The lowest BCUT2D eigenvalue weighted by Crippen LogP contribution is -2.50. The number of aryl methyl sites for hydroxylation is 2. The third-order valence-corrected chi connectivity index (χ3v) is 9.51. The summed E-state index contributed by atoms with van der Waals surface area (Å²) >= 11 is 1.91. The topological polar surface area (TPSA) is 58.6 Å². The molecule has 0 spiro atoms. The van der Waals surface area contributed by atoms with Gasteiger partial charge in [0.1, 0.15) is 22.2 Å². The van der Waals surface area contributed by atoms with Crippen molar-refractivity contribution in [2.45, 2.75) is 65.7 Å². The van der Waals surface area contributed by atoms with Crippen molar-refractivity contribution >= 4 is 33.3 Å². The Bertz CT molecular complexity index is 1320. The maximum absolute atomic E-state index is 12.9. The number of hydrogen-bond acceptors (Lipinski definition) is 6. The summed E-state index contributed by atoms with van der Waals surface area (Å²) in [6.07, 6.45) is 5.90. The number of amides is 1. The Morgan fingerprint density at radius 2 is 1.89 bits per heavy atom. The highest BCUT2D eigenvalue weighted by atomic mass is 32.1. The van der Waals surface area contributed by atoms with E-state index in [1.807, 2.05) is 47.4 Å². The highest BCUT2D eigenvalue weighted by molar-refractivity contribution is 7.19. The number of thiophene rings is 1. The predicted molar refractivity (Wildman–Crippen MR) is 150 cm³/mol. The second-order valence-electron chi connectivity index (χ2n) is 12.1. The van der Waals surface area contributed by atoms with E-state index in [0.717, 1.165) is 48.9 Å². The van der Waals surface area contributed by atoms with Gasteiger partial charge in [-0.2, -0.15) is 0 Å². The first-order valence-electron chi connectivity index (χ1n) is 13.8. The molecule has 2 fully saturated rings. The maximum atomic E-state index is 12.9. The minimum atomic E-state index is 0.0498.